The van der Waals surface area contributed by atoms with Gasteiger partial charge in [0.05, 0.1) is 11.6 Å². The van der Waals surface area contributed by atoms with Gasteiger partial charge in [-0.25, -0.2) is 0 Å². The number of nitrogens with zero attached hydrogens (tertiary/aromatic N) is 1. The molecule has 0 heterocycles. The fraction of sp³-hybridized carbons (Fsp3) is 0.182. The lowest BCUT2D eigenvalue weighted by Gasteiger charge is -2.13. The van der Waals surface area contributed by atoms with Gasteiger partial charge < -0.3 is 14.8 Å². The van der Waals surface area contributed by atoms with Crippen LogP contribution < -0.4 is 14.8 Å². The van der Waals surface area contributed by atoms with Crippen molar-refractivity contribution in [2.45, 2.75) is 13.8 Å². The number of hydrogen-bond acceptors (Lipinski definition) is 4. The molecule has 1 N–H and O–H groups in total. The average Bonchev–Trinajstić information content (AvgIpc) is 2.67. The van der Waals surface area contributed by atoms with Crippen molar-refractivity contribution in [2.24, 2.45) is 0 Å². The Labute approximate surface area is 169 Å². The molecule has 0 bridgehead atoms. The molecule has 1 amide bonds. The Morgan fingerprint density at radius 1 is 1.29 bits per heavy atom. The van der Waals surface area contributed by atoms with E-state index in [-0.39, 0.29) is 12.2 Å². The van der Waals surface area contributed by atoms with Gasteiger partial charge in [0.25, 0.3) is 5.91 Å². The zero-order chi connectivity index (χ0) is 20.5. The molecule has 2 aromatic rings. The molecule has 0 saturated heterocycles. The lowest BCUT2D eigenvalue weighted by atomic mass is 10.1. The summed E-state index contributed by atoms with van der Waals surface area (Å²) in [5.74, 6) is 0.315. The number of halogens is 1. The molecule has 0 atom stereocenters. The Morgan fingerprint density at radius 3 is 2.61 bits per heavy atom. The van der Waals surface area contributed by atoms with Crippen LogP contribution in [0.3, 0.4) is 0 Å². The highest BCUT2D eigenvalue weighted by molar-refractivity contribution is 6.32. The van der Waals surface area contributed by atoms with Gasteiger partial charge in [-0.3, -0.25) is 4.79 Å². The fourth-order valence-corrected chi connectivity index (χ4v) is 2.64. The molecule has 2 aromatic carbocycles. The Hall–Kier alpha value is -3.23. The number of rotatable bonds is 8. The standard InChI is InChI=1S/C22H21ClN2O3/c1-4-10-28-21-19(23)12-16(13-20(21)27-5-2)11-17(14-24)22(26)25-18-8-6-15(3)7-9-18/h4,6-9,11-13H,1,5,10H2,2-3H3,(H,25,26)/b17-11-. The second kappa shape index (κ2) is 10.2. The molecule has 0 aliphatic carbocycles. The monoisotopic (exact) mass is 396 g/mol. The van der Waals surface area contributed by atoms with Crippen molar-refractivity contribution in [3.63, 3.8) is 0 Å². The average molecular weight is 397 g/mol. The van der Waals surface area contributed by atoms with Crippen molar-refractivity contribution < 1.29 is 14.3 Å². The van der Waals surface area contributed by atoms with Crippen LogP contribution in [0.15, 0.2) is 54.6 Å². The first-order chi connectivity index (χ1) is 13.5. The minimum atomic E-state index is -0.507. The van der Waals surface area contributed by atoms with Crippen LogP contribution in [-0.4, -0.2) is 19.1 Å². The summed E-state index contributed by atoms with van der Waals surface area (Å²) in [5, 5.41) is 12.4. The van der Waals surface area contributed by atoms with Crippen molar-refractivity contribution in [1.29, 1.82) is 5.26 Å². The van der Waals surface area contributed by atoms with E-state index >= 15 is 0 Å². The number of carbonyl (C=O) groups is 1. The van der Waals surface area contributed by atoms with Gasteiger partial charge in [-0.05, 0) is 49.8 Å². The van der Waals surface area contributed by atoms with Crippen LogP contribution >= 0.6 is 11.6 Å². The summed E-state index contributed by atoms with van der Waals surface area (Å²) in [7, 11) is 0. The minimum Gasteiger partial charge on any atom is -0.490 e. The van der Waals surface area contributed by atoms with Crippen molar-refractivity contribution in [3.8, 4) is 17.6 Å². The van der Waals surface area contributed by atoms with E-state index < -0.39 is 5.91 Å². The van der Waals surface area contributed by atoms with Gasteiger partial charge in [0.15, 0.2) is 11.5 Å². The van der Waals surface area contributed by atoms with Crippen LogP contribution in [0.1, 0.15) is 18.1 Å². The van der Waals surface area contributed by atoms with Gasteiger partial charge in [0.1, 0.15) is 18.2 Å². The number of carbonyl (C=O) groups excluding carboxylic acids is 1. The number of anilines is 1. The quantitative estimate of drug-likeness (QED) is 0.380. The molecule has 2 rings (SSSR count). The number of benzene rings is 2. The van der Waals surface area contributed by atoms with Gasteiger partial charge in [0.2, 0.25) is 0 Å². The van der Waals surface area contributed by atoms with Gasteiger partial charge in [-0.1, -0.05) is 42.0 Å². The molecular weight excluding hydrogens is 376 g/mol. The molecule has 0 aliphatic heterocycles. The highest BCUT2D eigenvalue weighted by Gasteiger charge is 2.14. The van der Waals surface area contributed by atoms with Crippen LogP contribution in [0.25, 0.3) is 6.08 Å². The van der Waals surface area contributed by atoms with E-state index in [4.69, 9.17) is 21.1 Å². The molecule has 6 heteroatoms. The van der Waals surface area contributed by atoms with E-state index in [0.717, 1.165) is 5.56 Å². The highest BCUT2D eigenvalue weighted by Crippen LogP contribution is 2.37. The Bertz CT molecular complexity index is 928. The van der Waals surface area contributed by atoms with Crippen molar-refractivity contribution >= 4 is 29.3 Å². The predicted molar refractivity (Wildman–Crippen MR) is 112 cm³/mol. The number of amides is 1. The lowest BCUT2D eigenvalue weighted by molar-refractivity contribution is -0.112. The maximum atomic E-state index is 12.4. The summed E-state index contributed by atoms with van der Waals surface area (Å²) in [6.07, 6.45) is 3.05. The molecule has 0 radical (unpaired) electrons. The first-order valence-corrected chi connectivity index (χ1v) is 9.06. The molecule has 0 saturated carbocycles. The normalized spacial score (nSPS) is 10.7. The largest absolute Gasteiger partial charge is 0.490 e. The first-order valence-electron chi connectivity index (χ1n) is 8.68. The Balaban J connectivity index is 2.31. The molecule has 28 heavy (non-hydrogen) atoms. The third kappa shape index (κ3) is 5.63. The Morgan fingerprint density at radius 2 is 2.00 bits per heavy atom. The number of aryl methyl sites for hydroxylation is 1. The summed E-state index contributed by atoms with van der Waals surface area (Å²) >= 11 is 6.30. The molecule has 0 aliphatic rings. The third-order valence-corrected chi connectivity index (χ3v) is 3.94. The van der Waals surface area contributed by atoms with Gasteiger partial charge >= 0.3 is 0 Å². The second-order valence-corrected chi connectivity index (χ2v) is 6.26. The summed E-state index contributed by atoms with van der Waals surface area (Å²) in [6.45, 7) is 8.08. The van der Waals surface area contributed by atoms with E-state index in [1.54, 1.807) is 30.3 Å². The maximum Gasteiger partial charge on any atom is 0.266 e. The topological polar surface area (TPSA) is 71.3 Å². The van der Waals surface area contributed by atoms with Crippen LogP contribution in [0.5, 0.6) is 11.5 Å². The molecule has 0 aromatic heterocycles. The van der Waals surface area contributed by atoms with Gasteiger partial charge in [-0.15, -0.1) is 0 Å². The number of hydrogen-bond donors (Lipinski definition) is 1. The number of nitriles is 1. The number of ether oxygens (including phenoxy) is 2. The fourth-order valence-electron chi connectivity index (χ4n) is 2.37. The zero-order valence-corrected chi connectivity index (χ0v) is 16.5. The van der Waals surface area contributed by atoms with E-state index in [0.29, 0.717) is 34.4 Å². The SMILES string of the molecule is C=CCOc1c(Cl)cc(/C=C(/C#N)C(=O)Nc2ccc(C)cc2)cc1OCC. The smallest absolute Gasteiger partial charge is 0.266 e. The van der Waals surface area contributed by atoms with Crippen molar-refractivity contribution in [3.05, 3.63) is 70.8 Å². The molecule has 0 spiro atoms. The highest BCUT2D eigenvalue weighted by atomic mass is 35.5. The van der Waals surface area contributed by atoms with E-state index in [2.05, 4.69) is 11.9 Å². The van der Waals surface area contributed by atoms with Gasteiger partial charge in [-0.2, -0.15) is 5.26 Å². The van der Waals surface area contributed by atoms with Crippen molar-refractivity contribution in [1.82, 2.24) is 0 Å². The zero-order valence-electron chi connectivity index (χ0n) is 15.8. The molecular formula is C22H21ClN2O3. The van der Waals surface area contributed by atoms with Crippen molar-refractivity contribution in [2.75, 3.05) is 18.5 Å². The van der Waals surface area contributed by atoms with E-state index in [1.807, 2.05) is 32.0 Å². The van der Waals surface area contributed by atoms with Gasteiger partial charge in [0, 0.05) is 5.69 Å². The third-order valence-electron chi connectivity index (χ3n) is 3.66. The molecule has 5 nitrogen and oxygen atoms in total. The van der Waals surface area contributed by atoms with E-state index in [9.17, 15) is 10.1 Å². The molecule has 0 unspecified atom stereocenters. The first kappa shape index (κ1) is 21.1. The summed E-state index contributed by atoms with van der Waals surface area (Å²) in [5.41, 5.74) is 2.18. The van der Waals surface area contributed by atoms with Crippen LogP contribution in [0.4, 0.5) is 5.69 Å². The maximum absolute atomic E-state index is 12.4. The summed E-state index contributed by atoms with van der Waals surface area (Å²) in [4.78, 5) is 12.4. The second-order valence-electron chi connectivity index (χ2n) is 5.85. The number of nitrogens with one attached hydrogen (secondary N) is 1. The summed E-state index contributed by atoms with van der Waals surface area (Å²) in [6, 6.07) is 12.5. The predicted octanol–water partition coefficient (Wildman–Crippen LogP) is 5.16. The summed E-state index contributed by atoms with van der Waals surface area (Å²) < 4.78 is 11.1. The lowest BCUT2D eigenvalue weighted by Crippen LogP contribution is -2.13. The van der Waals surface area contributed by atoms with Crippen LogP contribution in [0.2, 0.25) is 5.02 Å². The minimum absolute atomic E-state index is 0.0566. The van der Waals surface area contributed by atoms with Crippen LogP contribution in [0, 0.1) is 18.3 Å². The molecule has 144 valence electrons. The Kier molecular flexibility index (Phi) is 7.67. The van der Waals surface area contributed by atoms with Crippen LogP contribution in [-0.2, 0) is 4.79 Å². The molecule has 0 fully saturated rings. The van der Waals surface area contributed by atoms with E-state index in [1.165, 1.54) is 6.08 Å².